The number of aliphatic hydroxyl groups is 1. The van der Waals surface area contributed by atoms with Crippen LogP contribution in [0.3, 0.4) is 0 Å². The number of hydrogen-bond donors (Lipinski definition) is 4. The van der Waals surface area contributed by atoms with Crippen LogP contribution in [0.2, 0.25) is 5.02 Å². The molecule has 0 saturated heterocycles. The molecule has 1 aromatic rings. The molecule has 0 aromatic heterocycles. The first-order valence-corrected chi connectivity index (χ1v) is 10.7. The third-order valence-corrected chi connectivity index (χ3v) is 4.82. The van der Waals surface area contributed by atoms with Gasteiger partial charge in [-0.25, -0.2) is 8.42 Å². The Kier molecular flexibility index (Phi) is 7.23. The molecule has 0 spiro atoms. The molecule has 1 saturated carbocycles. The number of halogens is 1. The highest BCUT2D eigenvalue weighted by Crippen LogP contribution is 2.24. The van der Waals surface area contributed by atoms with Gasteiger partial charge in [0, 0.05) is 23.1 Å². The fourth-order valence-corrected chi connectivity index (χ4v) is 3.49. The van der Waals surface area contributed by atoms with E-state index in [2.05, 4.69) is 15.0 Å². The lowest BCUT2D eigenvalue weighted by molar-refractivity contribution is -0.112. The van der Waals surface area contributed by atoms with Gasteiger partial charge in [-0.1, -0.05) is 11.6 Å². The second-order valence-corrected chi connectivity index (χ2v) is 8.60. The van der Waals surface area contributed by atoms with E-state index >= 15 is 0 Å². The molecule has 0 aliphatic heterocycles. The first kappa shape index (κ1) is 21.2. The normalized spacial score (nSPS) is 21.2. The highest BCUT2D eigenvalue weighted by atomic mass is 35.5. The van der Waals surface area contributed by atoms with Gasteiger partial charge in [-0.2, -0.15) is 0 Å². The van der Waals surface area contributed by atoms with E-state index in [0.717, 1.165) is 25.3 Å². The molecule has 2 rings (SSSR count). The minimum Gasteiger partial charge on any atom is -0.404 e. The van der Waals surface area contributed by atoms with Gasteiger partial charge < -0.3 is 16.2 Å². The Labute approximate surface area is 163 Å². The van der Waals surface area contributed by atoms with E-state index in [0.29, 0.717) is 18.5 Å². The van der Waals surface area contributed by atoms with Crippen LogP contribution in [-0.4, -0.2) is 44.0 Å². The zero-order valence-corrected chi connectivity index (χ0v) is 16.4. The fraction of sp³-hybridized carbons (Fsp3) is 0.412. The molecule has 1 aliphatic carbocycles. The Bertz CT molecular complexity index is 846. The van der Waals surface area contributed by atoms with Gasteiger partial charge in [0.2, 0.25) is 10.0 Å². The first-order chi connectivity index (χ1) is 12.7. The number of aliphatic imine (C=N–C) groups is 1. The van der Waals surface area contributed by atoms with Gasteiger partial charge >= 0.3 is 0 Å². The van der Waals surface area contributed by atoms with Crippen molar-refractivity contribution in [3.05, 3.63) is 35.0 Å². The maximum absolute atomic E-state index is 12.4. The molecule has 0 heterocycles. The van der Waals surface area contributed by atoms with Crippen LogP contribution in [0.5, 0.6) is 0 Å². The number of anilines is 2. The average molecular weight is 415 g/mol. The second-order valence-electron chi connectivity index (χ2n) is 6.42. The van der Waals surface area contributed by atoms with Gasteiger partial charge in [-0.15, -0.1) is 0 Å². The molecule has 1 fully saturated rings. The number of hydrogen-bond acceptors (Lipinski definition) is 6. The fourth-order valence-electron chi connectivity index (χ4n) is 2.71. The maximum atomic E-state index is 12.4. The van der Waals surface area contributed by atoms with Crippen molar-refractivity contribution in [2.75, 3.05) is 16.3 Å². The lowest BCUT2D eigenvalue weighted by Gasteiger charge is -2.22. The van der Waals surface area contributed by atoms with Crippen LogP contribution in [0, 0.1) is 0 Å². The third-order valence-electron chi connectivity index (χ3n) is 3.99. The van der Waals surface area contributed by atoms with Gasteiger partial charge in [0.05, 0.1) is 29.7 Å². The Balaban J connectivity index is 2.06. The van der Waals surface area contributed by atoms with Crippen LogP contribution >= 0.6 is 11.6 Å². The molecule has 1 aromatic carbocycles. The van der Waals surface area contributed by atoms with Crippen LogP contribution in [-0.2, 0) is 14.8 Å². The molecular weight excluding hydrogens is 392 g/mol. The quantitative estimate of drug-likeness (QED) is 0.416. The second kappa shape index (κ2) is 9.20. The number of nitrogens with one attached hydrogen (secondary N) is 2. The zero-order chi connectivity index (χ0) is 20.0. The standard InChI is InChI=1S/C17H23ClN4O4S/c1-27(25,26)22-15-7-12(18)6-14(8-15)21-17(24)11(9-19)10-20-13-2-4-16(23)5-3-13/h6-10,13,16,22-23H,2-5,19H2,1H3,(H,21,24)/b11-9+,20-10?. The van der Waals surface area contributed by atoms with Gasteiger partial charge in [0.1, 0.15) is 0 Å². The number of amides is 1. The average Bonchev–Trinajstić information content (AvgIpc) is 2.54. The molecule has 0 atom stereocenters. The van der Waals surface area contributed by atoms with Gasteiger partial charge in [-0.05, 0) is 43.9 Å². The van der Waals surface area contributed by atoms with Crippen LogP contribution < -0.4 is 15.8 Å². The summed E-state index contributed by atoms with van der Waals surface area (Å²) in [5.41, 5.74) is 6.24. The summed E-state index contributed by atoms with van der Waals surface area (Å²) < 4.78 is 25.0. The number of nitrogens with zero attached hydrogens (tertiary/aromatic N) is 1. The van der Waals surface area contributed by atoms with E-state index in [1.54, 1.807) is 0 Å². The smallest absolute Gasteiger partial charge is 0.258 e. The zero-order valence-electron chi connectivity index (χ0n) is 14.9. The molecule has 1 amide bonds. The van der Waals surface area contributed by atoms with Crippen molar-refractivity contribution in [3.8, 4) is 0 Å². The number of benzene rings is 1. The minimum atomic E-state index is -3.48. The Morgan fingerprint density at radius 2 is 1.89 bits per heavy atom. The molecule has 148 valence electrons. The molecule has 5 N–H and O–H groups in total. The van der Waals surface area contributed by atoms with Gasteiger partial charge in [-0.3, -0.25) is 14.5 Å². The molecule has 8 nitrogen and oxygen atoms in total. The Morgan fingerprint density at radius 1 is 1.26 bits per heavy atom. The van der Waals surface area contributed by atoms with E-state index < -0.39 is 15.9 Å². The Hall–Kier alpha value is -2.10. The maximum Gasteiger partial charge on any atom is 0.258 e. The number of sulfonamides is 1. The summed E-state index contributed by atoms with van der Waals surface area (Å²) in [5, 5.41) is 12.4. The van der Waals surface area contributed by atoms with Crippen molar-refractivity contribution in [1.29, 1.82) is 0 Å². The number of nitrogens with two attached hydrogens (primary N) is 1. The predicted molar refractivity (Wildman–Crippen MR) is 108 cm³/mol. The highest BCUT2D eigenvalue weighted by Gasteiger charge is 2.18. The summed E-state index contributed by atoms with van der Waals surface area (Å²) in [7, 11) is -3.48. The third kappa shape index (κ3) is 7.20. The van der Waals surface area contributed by atoms with E-state index in [1.165, 1.54) is 24.4 Å². The number of aliphatic hydroxyl groups excluding tert-OH is 1. The molecule has 27 heavy (non-hydrogen) atoms. The van der Waals surface area contributed by atoms with Crippen molar-refractivity contribution < 1.29 is 18.3 Å². The summed E-state index contributed by atoms with van der Waals surface area (Å²) >= 11 is 5.98. The molecule has 0 radical (unpaired) electrons. The summed E-state index contributed by atoms with van der Waals surface area (Å²) in [6.45, 7) is 0. The van der Waals surface area contributed by atoms with Crippen LogP contribution in [0.25, 0.3) is 0 Å². The molecule has 0 unspecified atom stereocenters. The molecule has 1 aliphatic rings. The van der Waals surface area contributed by atoms with Crippen molar-refractivity contribution in [2.24, 2.45) is 10.7 Å². The van der Waals surface area contributed by atoms with E-state index in [-0.39, 0.29) is 28.4 Å². The van der Waals surface area contributed by atoms with Crippen LogP contribution in [0.1, 0.15) is 25.7 Å². The van der Waals surface area contributed by atoms with E-state index in [9.17, 15) is 18.3 Å². The van der Waals surface area contributed by atoms with Crippen LogP contribution in [0.15, 0.2) is 35.0 Å². The first-order valence-electron chi connectivity index (χ1n) is 8.39. The van der Waals surface area contributed by atoms with Crippen molar-refractivity contribution in [1.82, 2.24) is 0 Å². The van der Waals surface area contributed by atoms with Crippen molar-refractivity contribution in [2.45, 2.75) is 37.8 Å². The SMILES string of the molecule is CS(=O)(=O)Nc1cc(Cl)cc(NC(=O)/C(C=NC2CCC(O)CC2)=C/N)c1. The summed E-state index contributed by atoms with van der Waals surface area (Å²) in [6.07, 6.45) is 6.19. The lowest BCUT2D eigenvalue weighted by atomic mass is 9.93. The lowest BCUT2D eigenvalue weighted by Crippen LogP contribution is -2.22. The predicted octanol–water partition coefficient (Wildman–Crippen LogP) is 1.87. The van der Waals surface area contributed by atoms with Crippen molar-refractivity contribution in [3.63, 3.8) is 0 Å². The number of rotatable bonds is 6. The molecule has 0 bridgehead atoms. The summed E-state index contributed by atoms with van der Waals surface area (Å²) in [5.74, 6) is -0.496. The summed E-state index contributed by atoms with van der Waals surface area (Å²) in [4.78, 5) is 16.8. The van der Waals surface area contributed by atoms with Gasteiger partial charge in [0.25, 0.3) is 5.91 Å². The van der Waals surface area contributed by atoms with Crippen LogP contribution in [0.4, 0.5) is 11.4 Å². The number of carbonyl (C=O) groups is 1. The molecular formula is C17H23ClN4O4S. The monoisotopic (exact) mass is 414 g/mol. The summed E-state index contributed by atoms with van der Waals surface area (Å²) in [6, 6.07) is 4.41. The van der Waals surface area contributed by atoms with E-state index in [4.69, 9.17) is 17.3 Å². The largest absolute Gasteiger partial charge is 0.404 e. The minimum absolute atomic E-state index is 0.0490. The van der Waals surface area contributed by atoms with Gasteiger partial charge in [0.15, 0.2) is 0 Å². The van der Waals surface area contributed by atoms with Crippen molar-refractivity contribution >= 4 is 45.1 Å². The molecule has 10 heteroatoms. The topological polar surface area (TPSA) is 134 Å². The highest BCUT2D eigenvalue weighted by molar-refractivity contribution is 7.92. The van der Waals surface area contributed by atoms with E-state index in [1.807, 2.05) is 0 Å². The number of carbonyl (C=O) groups excluding carboxylic acids is 1. The Morgan fingerprint density at radius 3 is 2.48 bits per heavy atom.